The highest BCUT2D eigenvalue weighted by molar-refractivity contribution is 7.89. The van der Waals surface area contributed by atoms with Gasteiger partial charge in [-0.05, 0) is 56.7 Å². The lowest BCUT2D eigenvalue weighted by Gasteiger charge is -2.20. The largest absolute Gasteiger partial charge is 0.298 e. The monoisotopic (exact) mass is 437 g/mol. The number of benzene rings is 2. The van der Waals surface area contributed by atoms with Crippen LogP contribution < -0.4 is 5.32 Å². The second-order valence-electron chi connectivity index (χ2n) is 6.65. The molecule has 0 atom stereocenters. The number of thiazole rings is 1. The molecule has 1 heterocycles. The molecule has 6 nitrogen and oxygen atoms in total. The molecule has 0 saturated carbocycles. The van der Waals surface area contributed by atoms with Gasteiger partial charge >= 0.3 is 0 Å². The average Bonchev–Trinajstić information content (AvgIpc) is 3.09. The molecule has 9 heteroatoms. The minimum absolute atomic E-state index is 0.141. The molecule has 3 aromatic rings. The van der Waals surface area contributed by atoms with Crippen LogP contribution in [0.25, 0.3) is 10.2 Å². The number of sulfonamides is 1. The Morgan fingerprint density at radius 1 is 1.18 bits per heavy atom. The van der Waals surface area contributed by atoms with Crippen molar-refractivity contribution < 1.29 is 13.2 Å². The van der Waals surface area contributed by atoms with Gasteiger partial charge in [-0.1, -0.05) is 29.0 Å². The number of carbonyl (C=O) groups excluding carboxylic acids is 1. The van der Waals surface area contributed by atoms with E-state index in [-0.39, 0.29) is 16.8 Å². The Kier molecular flexibility index (Phi) is 5.77. The highest BCUT2D eigenvalue weighted by Gasteiger charge is 2.23. The van der Waals surface area contributed by atoms with Gasteiger partial charge in [-0.25, -0.2) is 13.4 Å². The van der Waals surface area contributed by atoms with E-state index in [0.29, 0.717) is 15.7 Å². The SMILES string of the molecule is Cc1ccc(Cl)c2sc(NC(=O)c3ccc(S(=O)(=O)N(C)C(C)C)cc3)nc12. The third kappa shape index (κ3) is 3.91. The summed E-state index contributed by atoms with van der Waals surface area (Å²) in [6.07, 6.45) is 0. The van der Waals surface area contributed by atoms with E-state index in [0.717, 1.165) is 15.8 Å². The molecule has 0 bridgehead atoms. The van der Waals surface area contributed by atoms with Crippen molar-refractivity contribution in [3.8, 4) is 0 Å². The Morgan fingerprint density at radius 3 is 2.39 bits per heavy atom. The van der Waals surface area contributed by atoms with Crippen molar-refractivity contribution >= 4 is 54.2 Å². The van der Waals surface area contributed by atoms with E-state index < -0.39 is 10.0 Å². The van der Waals surface area contributed by atoms with Gasteiger partial charge in [0.2, 0.25) is 10.0 Å². The van der Waals surface area contributed by atoms with E-state index >= 15 is 0 Å². The molecule has 0 radical (unpaired) electrons. The zero-order valence-corrected chi connectivity index (χ0v) is 18.2. The Hall–Kier alpha value is -2.00. The molecule has 1 N–H and O–H groups in total. The first kappa shape index (κ1) is 20.7. The number of aromatic nitrogens is 1. The first-order chi connectivity index (χ1) is 13.1. The summed E-state index contributed by atoms with van der Waals surface area (Å²) in [5, 5.41) is 3.77. The number of nitrogens with zero attached hydrogens (tertiary/aromatic N) is 2. The molecule has 0 saturated heterocycles. The summed E-state index contributed by atoms with van der Waals surface area (Å²) in [5.74, 6) is -0.367. The van der Waals surface area contributed by atoms with Crippen LogP contribution in [0.5, 0.6) is 0 Å². The Balaban J connectivity index is 1.82. The lowest BCUT2D eigenvalue weighted by Crippen LogP contribution is -2.33. The summed E-state index contributed by atoms with van der Waals surface area (Å²) in [6, 6.07) is 9.36. The molecule has 1 amide bonds. The molecule has 0 fully saturated rings. The number of nitrogens with one attached hydrogen (secondary N) is 1. The van der Waals surface area contributed by atoms with E-state index in [1.807, 2.05) is 13.0 Å². The normalized spacial score (nSPS) is 12.1. The molecule has 0 aliphatic carbocycles. The topological polar surface area (TPSA) is 79.4 Å². The summed E-state index contributed by atoms with van der Waals surface area (Å²) >= 11 is 7.50. The van der Waals surface area contributed by atoms with Crippen LogP contribution in [0.15, 0.2) is 41.3 Å². The van der Waals surface area contributed by atoms with Gasteiger partial charge in [0, 0.05) is 18.7 Å². The minimum atomic E-state index is -3.59. The van der Waals surface area contributed by atoms with Crippen molar-refractivity contribution in [2.45, 2.75) is 31.7 Å². The summed E-state index contributed by atoms with van der Waals surface area (Å²) in [6.45, 7) is 5.52. The molecule has 28 heavy (non-hydrogen) atoms. The third-order valence-electron chi connectivity index (χ3n) is 4.44. The standard InChI is InChI=1S/C19H20ClN3O3S2/c1-11(2)23(4)28(25,26)14-8-6-13(7-9-14)18(24)22-19-21-16-12(3)5-10-15(20)17(16)27-19/h5-11H,1-4H3,(H,21,22,24). The van der Waals surface area contributed by atoms with E-state index in [1.165, 1.54) is 47.0 Å². The Morgan fingerprint density at radius 2 is 1.82 bits per heavy atom. The molecule has 0 spiro atoms. The number of hydrogen-bond donors (Lipinski definition) is 1. The summed E-state index contributed by atoms with van der Waals surface area (Å²) in [7, 11) is -2.06. The van der Waals surface area contributed by atoms with Crippen LogP contribution in [0.3, 0.4) is 0 Å². The van der Waals surface area contributed by atoms with Gasteiger partial charge in [-0.3, -0.25) is 10.1 Å². The first-order valence-electron chi connectivity index (χ1n) is 8.56. The van der Waals surface area contributed by atoms with E-state index in [2.05, 4.69) is 10.3 Å². The quantitative estimate of drug-likeness (QED) is 0.635. The second kappa shape index (κ2) is 7.79. The van der Waals surface area contributed by atoms with Crippen molar-refractivity contribution in [3.63, 3.8) is 0 Å². The molecule has 2 aromatic carbocycles. The van der Waals surface area contributed by atoms with Crippen molar-refractivity contribution in [1.29, 1.82) is 0 Å². The summed E-state index contributed by atoms with van der Waals surface area (Å²) in [4.78, 5) is 17.1. The van der Waals surface area contributed by atoms with E-state index in [9.17, 15) is 13.2 Å². The number of aryl methyl sites for hydroxylation is 1. The maximum Gasteiger partial charge on any atom is 0.257 e. The maximum atomic E-state index is 12.5. The van der Waals surface area contributed by atoms with Gasteiger partial charge in [0.05, 0.1) is 20.1 Å². The predicted molar refractivity (Wildman–Crippen MR) is 114 cm³/mol. The van der Waals surface area contributed by atoms with Crippen molar-refractivity contribution in [1.82, 2.24) is 9.29 Å². The van der Waals surface area contributed by atoms with Gasteiger partial charge in [0.25, 0.3) is 5.91 Å². The minimum Gasteiger partial charge on any atom is -0.298 e. The predicted octanol–water partition coefficient (Wildman–Crippen LogP) is 4.54. The van der Waals surface area contributed by atoms with Crippen LogP contribution in [0, 0.1) is 6.92 Å². The number of anilines is 1. The van der Waals surface area contributed by atoms with Gasteiger partial charge in [0.1, 0.15) is 0 Å². The van der Waals surface area contributed by atoms with Crippen molar-refractivity contribution in [2.24, 2.45) is 0 Å². The first-order valence-corrected chi connectivity index (χ1v) is 11.2. The van der Waals surface area contributed by atoms with Crippen LogP contribution >= 0.6 is 22.9 Å². The molecule has 0 aliphatic heterocycles. The van der Waals surface area contributed by atoms with Gasteiger partial charge in [0.15, 0.2) is 5.13 Å². The lowest BCUT2D eigenvalue weighted by atomic mass is 10.2. The molecule has 3 rings (SSSR count). The van der Waals surface area contributed by atoms with Crippen molar-refractivity contribution in [2.75, 3.05) is 12.4 Å². The summed E-state index contributed by atoms with van der Waals surface area (Å²) < 4.78 is 27.1. The molecule has 0 aliphatic rings. The van der Waals surface area contributed by atoms with E-state index in [4.69, 9.17) is 11.6 Å². The van der Waals surface area contributed by atoms with Gasteiger partial charge < -0.3 is 0 Å². The number of halogens is 1. The van der Waals surface area contributed by atoms with Crippen LogP contribution in [-0.4, -0.2) is 36.7 Å². The van der Waals surface area contributed by atoms with Gasteiger partial charge in [-0.15, -0.1) is 0 Å². The number of amides is 1. The lowest BCUT2D eigenvalue weighted by molar-refractivity contribution is 0.102. The highest BCUT2D eigenvalue weighted by atomic mass is 35.5. The average molecular weight is 438 g/mol. The zero-order chi connectivity index (χ0) is 20.6. The number of fused-ring (bicyclic) bond motifs is 1. The Bertz CT molecular complexity index is 1100. The van der Waals surface area contributed by atoms with Crippen molar-refractivity contribution in [3.05, 3.63) is 52.5 Å². The van der Waals surface area contributed by atoms with Crippen LogP contribution in [0.1, 0.15) is 29.8 Å². The Labute approximate surface area is 173 Å². The highest BCUT2D eigenvalue weighted by Crippen LogP contribution is 2.34. The number of carbonyl (C=O) groups is 1. The third-order valence-corrected chi connectivity index (χ3v) is 7.92. The fourth-order valence-corrected chi connectivity index (χ4v) is 5.13. The fraction of sp³-hybridized carbons (Fsp3) is 0.263. The van der Waals surface area contributed by atoms with Crippen LogP contribution in [-0.2, 0) is 10.0 Å². The van der Waals surface area contributed by atoms with E-state index in [1.54, 1.807) is 19.9 Å². The molecule has 148 valence electrons. The molecule has 0 unspecified atom stereocenters. The number of hydrogen-bond acceptors (Lipinski definition) is 5. The van der Waals surface area contributed by atoms with Gasteiger partial charge in [-0.2, -0.15) is 4.31 Å². The fourth-order valence-electron chi connectivity index (χ4n) is 2.55. The maximum absolute atomic E-state index is 12.5. The molecular weight excluding hydrogens is 418 g/mol. The smallest absolute Gasteiger partial charge is 0.257 e. The zero-order valence-electron chi connectivity index (χ0n) is 15.9. The number of rotatable bonds is 5. The molecule has 1 aromatic heterocycles. The van der Waals surface area contributed by atoms with Crippen LogP contribution in [0.2, 0.25) is 5.02 Å². The second-order valence-corrected chi connectivity index (χ2v) is 10.1. The summed E-state index contributed by atoms with van der Waals surface area (Å²) in [5.41, 5.74) is 2.07. The van der Waals surface area contributed by atoms with Crippen LogP contribution in [0.4, 0.5) is 5.13 Å². The molecular formula is C19H20ClN3O3S2.